The van der Waals surface area contributed by atoms with Gasteiger partial charge in [-0.25, -0.2) is 4.98 Å². The minimum absolute atomic E-state index is 0. The van der Waals surface area contributed by atoms with Gasteiger partial charge in [0.05, 0.1) is 16.2 Å². The van der Waals surface area contributed by atoms with E-state index in [1.807, 2.05) is 0 Å². The molecule has 1 amide bonds. The second-order valence-electron chi connectivity index (χ2n) is 6.04. The molecule has 1 aliphatic carbocycles. The maximum atomic E-state index is 11.6. The Morgan fingerprint density at radius 3 is 2.50 bits per heavy atom. The van der Waals surface area contributed by atoms with E-state index in [4.69, 9.17) is 5.73 Å². The predicted molar refractivity (Wildman–Crippen MR) is 88.2 cm³/mol. The van der Waals surface area contributed by atoms with E-state index in [1.54, 1.807) is 11.3 Å². The minimum atomic E-state index is -0.570. The van der Waals surface area contributed by atoms with Crippen LogP contribution in [-0.2, 0) is 16.6 Å². The number of carbonyl (C=O) groups excluding carboxylic acids is 1. The highest BCUT2D eigenvalue weighted by Gasteiger charge is 2.45. The van der Waals surface area contributed by atoms with Crippen LogP contribution in [0.25, 0.3) is 0 Å². The van der Waals surface area contributed by atoms with Crippen molar-refractivity contribution in [3.63, 3.8) is 0 Å². The van der Waals surface area contributed by atoms with Gasteiger partial charge in [-0.1, -0.05) is 20.8 Å². The summed E-state index contributed by atoms with van der Waals surface area (Å²) in [5.41, 5.74) is 6.44. The van der Waals surface area contributed by atoms with Gasteiger partial charge in [-0.2, -0.15) is 0 Å². The van der Waals surface area contributed by atoms with Crippen LogP contribution in [0.2, 0.25) is 0 Å². The predicted octanol–water partition coefficient (Wildman–Crippen LogP) is 2.43. The van der Waals surface area contributed by atoms with Crippen molar-refractivity contribution in [1.29, 1.82) is 0 Å². The Kier molecular flexibility index (Phi) is 6.94. The third-order valence-corrected chi connectivity index (χ3v) is 4.09. The number of hydrogen-bond donors (Lipinski definition) is 2. The molecule has 3 N–H and O–H groups in total. The van der Waals surface area contributed by atoms with Gasteiger partial charge in [-0.3, -0.25) is 4.79 Å². The number of halogens is 2. The highest BCUT2D eigenvalue weighted by molar-refractivity contribution is 7.09. The molecule has 7 heteroatoms. The van der Waals surface area contributed by atoms with Crippen molar-refractivity contribution in [2.45, 2.75) is 51.0 Å². The first-order valence-electron chi connectivity index (χ1n) is 6.33. The van der Waals surface area contributed by atoms with Gasteiger partial charge in [0.1, 0.15) is 0 Å². The molecule has 0 aromatic carbocycles. The fourth-order valence-electron chi connectivity index (χ4n) is 1.59. The zero-order valence-corrected chi connectivity index (χ0v) is 14.5. The fourth-order valence-corrected chi connectivity index (χ4v) is 2.62. The lowest BCUT2D eigenvalue weighted by Gasteiger charge is -2.14. The molecule has 0 bridgehead atoms. The van der Waals surface area contributed by atoms with E-state index in [0.29, 0.717) is 6.54 Å². The normalized spacial score (nSPS) is 15.8. The summed E-state index contributed by atoms with van der Waals surface area (Å²) in [4.78, 5) is 16.2. The van der Waals surface area contributed by atoms with Crippen molar-refractivity contribution in [1.82, 2.24) is 10.3 Å². The van der Waals surface area contributed by atoms with Crippen LogP contribution in [0.15, 0.2) is 5.38 Å². The first-order valence-corrected chi connectivity index (χ1v) is 7.21. The lowest BCUT2D eigenvalue weighted by Crippen LogP contribution is -2.43. The summed E-state index contributed by atoms with van der Waals surface area (Å²) in [5, 5.41) is 6.06. The van der Waals surface area contributed by atoms with E-state index in [1.165, 1.54) is 0 Å². The van der Waals surface area contributed by atoms with E-state index >= 15 is 0 Å². The molecule has 0 unspecified atom stereocenters. The molecule has 0 aliphatic heterocycles. The molecule has 0 radical (unpaired) electrons. The zero-order valence-electron chi connectivity index (χ0n) is 12.1. The average molecular weight is 340 g/mol. The fraction of sp³-hybridized carbons (Fsp3) is 0.692. The number of amides is 1. The van der Waals surface area contributed by atoms with Gasteiger partial charge in [-0.05, 0) is 12.8 Å². The summed E-state index contributed by atoms with van der Waals surface area (Å²) >= 11 is 1.66. The van der Waals surface area contributed by atoms with Crippen molar-refractivity contribution in [3.8, 4) is 0 Å². The number of nitrogens with two attached hydrogens (primary N) is 1. The van der Waals surface area contributed by atoms with Crippen molar-refractivity contribution in [3.05, 3.63) is 16.1 Å². The quantitative estimate of drug-likeness (QED) is 0.885. The van der Waals surface area contributed by atoms with Crippen LogP contribution in [0.4, 0.5) is 0 Å². The Labute approximate surface area is 136 Å². The summed E-state index contributed by atoms with van der Waals surface area (Å²) in [6.45, 7) is 7.07. The first kappa shape index (κ1) is 19.6. The number of aromatic nitrogens is 1. The smallest absolute Gasteiger partial charge is 0.240 e. The summed E-state index contributed by atoms with van der Waals surface area (Å²) in [5.74, 6) is -0.0184. The Morgan fingerprint density at radius 1 is 1.45 bits per heavy atom. The van der Waals surface area contributed by atoms with Gasteiger partial charge in [0.2, 0.25) is 5.91 Å². The van der Waals surface area contributed by atoms with Crippen LogP contribution < -0.4 is 11.1 Å². The lowest BCUT2D eigenvalue weighted by molar-refractivity contribution is -0.123. The molecule has 0 spiro atoms. The molecule has 4 nitrogen and oxygen atoms in total. The molecule has 0 atom stereocenters. The average Bonchev–Trinajstić information content (AvgIpc) is 2.84. The molecule has 0 saturated heterocycles. The number of nitrogens with zero attached hydrogens (tertiary/aromatic N) is 1. The lowest BCUT2D eigenvalue weighted by atomic mass is 9.93. The molecule has 1 fully saturated rings. The first-order chi connectivity index (χ1) is 8.31. The molecule has 1 saturated carbocycles. The van der Waals surface area contributed by atoms with Gasteiger partial charge < -0.3 is 11.1 Å². The minimum Gasteiger partial charge on any atom is -0.354 e. The third-order valence-electron chi connectivity index (χ3n) is 3.19. The van der Waals surface area contributed by atoms with E-state index in [2.05, 4.69) is 36.5 Å². The van der Waals surface area contributed by atoms with Crippen LogP contribution >= 0.6 is 36.2 Å². The molecule has 20 heavy (non-hydrogen) atoms. The van der Waals surface area contributed by atoms with Crippen molar-refractivity contribution < 1.29 is 4.79 Å². The van der Waals surface area contributed by atoms with E-state index in [-0.39, 0.29) is 36.1 Å². The monoisotopic (exact) mass is 339 g/mol. The van der Waals surface area contributed by atoms with Crippen molar-refractivity contribution in [2.75, 3.05) is 6.54 Å². The van der Waals surface area contributed by atoms with E-state index < -0.39 is 5.54 Å². The van der Waals surface area contributed by atoms with Crippen LogP contribution in [0.5, 0.6) is 0 Å². The maximum absolute atomic E-state index is 11.6. The molecular formula is C13H23Cl2N3OS. The maximum Gasteiger partial charge on any atom is 0.240 e. The number of hydrogen-bond acceptors (Lipinski definition) is 4. The summed E-state index contributed by atoms with van der Waals surface area (Å²) in [6.07, 6.45) is 2.40. The molecule has 1 aromatic heterocycles. The number of thiazole rings is 1. The SMILES string of the molecule is CC(C)(C)c1csc(CCNC(=O)C2(N)CC2)n1.Cl.Cl. The topological polar surface area (TPSA) is 68.0 Å². The zero-order chi connectivity index (χ0) is 13.4. The largest absolute Gasteiger partial charge is 0.354 e. The second-order valence-corrected chi connectivity index (χ2v) is 6.98. The second kappa shape index (κ2) is 7.07. The van der Waals surface area contributed by atoms with Gasteiger partial charge in [0, 0.05) is 23.8 Å². The van der Waals surface area contributed by atoms with Gasteiger partial charge in [-0.15, -0.1) is 36.2 Å². The Balaban J connectivity index is 0.00000180. The highest BCUT2D eigenvalue weighted by Crippen LogP contribution is 2.32. The van der Waals surface area contributed by atoms with Crippen LogP contribution in [0, 0.1) is 0 Å². The van der Waals surface area contributed by atoms with Crippen molar-refractivity contribution >= 4 is 42.1 Å². The highest BCUT2D eigenvalue weighted by atomic mass is 35.5. The molecule has 116 valence electrons. The Morgan fingerprint density at radius 2 is 2.05 bits per heavy atom. The van der Waals surface area contributed by atoms with E-state index in [0.717, 1.165) is 30.0 Å². The molecule has 2 rings (SSSR count). The van der Waals surface area contributed by atoms with Crippen LogP contribution in [0.1, 0.15) is 44.3 Å². The van der Waals surface area contributed by atoms with Crippen LogP contribution in [0.3, 0.4) is 0 Å². The summed E-state index contributed by atoms with van der Waals surface area (Å²) < 4.78 is 0. The molecular weight excluding hydrogens is 317 g/mol. The molecule has 1 aromatic rings. The standard InChI is InChI=1S/C13H21N3OS.2ClH/c1-12(2,3)9-8-18-10(16-9)4-7-15-11(17)13(14)5-6-13;;/h8H,4-7,14H2,1-3H3,(H,15,17);2*1H. The number of carbonyl (C=O) groups is 1. The Hall–Kier alpha value is -0.360. The summed E-state index contributed by atoms with van der Waals surface area (Å²) in [7, 11) is 0. The van der Waals surface area contributed by atoms with Gasteiger partial charge >= 0.3 is 0 Å². The third kappa shape index (κ3) is 4.88. The number of rotatable bonds is 4. The van der Waals surface area contributed by atoms with E-state index in [9.17, 15) is 4.79 Å². The Bertz CT molecular complexity index is 453. The number of nitrogens with one attached hydrogen (secondary N) is 1. The van der Waals surface area contributed by atoms with Gasteiger partial charge in [0.25, 0.3) is 0 Å². The summed E-state index contributed by atoms with van der Waals surface area (Å²) in [6, 6.07) is 0. The van der Waals surface area contributed by atoms with Gasteiger partial charge in [0.15, 0.2) is 0 Å². The molecule has 1 aliphatic rings. The van der Waals surface area contributed by atoms with Crippen molar-refractivity contribution in [2.24, 2.45) is 5.73 Å². The van der Waals surface area contributed by atoms with Crippen LogP contribution in [-0.4, -0.2) is 23.0 Å². The molecule has 1 heterocycles.